The van der Waals surface area contributed by atoms with Crippen LogP contribution in [0.1, 0.15) is 44.3 Å². The first kappa shape index (κ1) is 11.9. The third-order valence-corrected chi connectivity index (χ3v) is 2.76. The molecule has 0 unspecified atom stereocenters. The van der Waals surface area contributed by atoms with E-state index in [1.165, 1.54) is 0 Å². The van der Waals surface area contributed by atoms with Crippen LogP contribution in [0.25, 0.3) is 0 Å². The molecule has 1 aromatic rings. The molecule has 1 aliphatic carbocycles. The van der Waals surface area contributed by atoms with E-state index in [0.717, 1.165) is 25.7 Å². The first-order valence-corrected chi connectivity index (χ1v) is 5.92. The lowest BCUT2D eigenvalue weighted by atomic mass is 10.3. The van der Waals surface area contributed by atoms with E-state index in [1.807, 2.05) is 6.92 Å². The molecule has 1 fully saturated rings. The second-order valence-electron chi connectivity index (χ2n) is 4.34. The van der Waals surface area contributed by atoms with Crippen LogP contribution in [0.15, 0.2) is 4.52 Å². The number of aromatic nitrogens is 2. The molecule has 94 valence electrons. The maximum atomic E-state index is 11.5. The number of nitrogens with one attached hydrogen (secondary N) is 1. The summed E-state index contributed by atoms with van der Waals surface area (Å²) in [6, 6.07) is 0. The Balaban J connectivity index is 1.88. The van der Waals surface area contributed by atoms with Crippen LogP contribution in [0.4, 0.5) is 4.79 Å². The quantitative estimate of drug-likeness (QED) is 0.794. The van der Waals surface area contributed by atoms with E-state index >= 15 is 0 Å². The van der Waals surface area contributed by atoms with Crippen LogP contribution in [0.5, 0.6) is 0 Å². The second kappa shape index (κ2) is 4.73. The van der Waals surface area contributed by atoms with E-state index < -0.39 is 11.6 Å². The molecular formula is C11H17N3O3. The minimum Gasteiger partial charge on any atom is -0.450 e. The number of aryl methyl sites for hydroxylation is 1. The first-order valence-electron chi connectivity index (χ1n) is 5.92. The molecule has 0 bridgehead atoms. The number of ether oxygens (including phenoxy) is 1. The smallest absolute Gasteiger partial charge is 0.407 e. The average Bonchev–Trinajstić information content (AvgIpc) is 2.93. The highest BCUT2D eigenvalue weighted by Gasteiger charge is 2.51. The van der Waals surface area contributed by atoms with Crippen molar-refractivity contribution >= 4 is 6.09 Å². The Hall–Kier alpha value is -1.59. The van der Waals surface area contributed by atoms with Gasteiger partial charge in [-0.05, 0) is 26.2 Å². The zero-order valence-corrected chi connectivity index (χ0v) is 10.2. The van der Waals surface area contributed by atoms with E-state index in [0.29, 0.717) is 18.3 Å². The van der Waals surface area contributed by atoms with Crippen LogP contribution in [0.2, 0.25) is 0 Å². The molecule has 0 saturated heterocycles. The largest absolute Gasteiger partial charge is 0.450 e. The lowest BCUT2D eigenvalue weighted by Gasteiger charge is -2.12. The fraction of sp³-hybridized carbons (Fsp3) is 0.727. The highest BCUT2D eigenvalue weighted by atomic mass is 16.5. The molecular weight excluding hydrogens is 222 g/mol. The normalized spacial score (nSPS) is 16.6. The van der Waals surface area contributed by atoms with Crippen molar-refractivity contribution in [2.45, 2.75) is 45.1 Å². The summed E-state index contributed by atoms with van der Waals surface area (Å²) in [5.41, 5.74) is -0.482. The predicted molar refractivity (Wildman–Crippen MR) is 59.3 cm³/mol. The molecule has 0 aliphatic heterocycles. The number of amides is 1. The van der Waals surface area contributed by atoms with Gasteiger partial charge >= 0.3 is 6.09 Å². The first-order chi connectivity index (χ1) is 8.16. The standard InChI is InChI=1S/C11H17N3O3/c1-3-4-7-16-10(15)13-11(5-6-11)9-12-8(2)14-17-9/h3-7H2,1-2H3,(H,13,15). The molecule has 1 aromatic heterocycles. The molecule has 1 aliphatic rings. The fourth-order valence-corrected chi connectivity index (χ4v) is 1.55. The molecule has 6 heteroatoms. The Bertz CT molecular complexity index is 398. The van der Waals surface area contributed by atoms with E-state index in [4.69, 9.17) is 9.26 Å². The Kier molecular flexibility index (Phi) is 3.31. The maximum absolute atomic E-state index is 11.5. The summed E-state index contributed by atoms with van der Waals surface area (Å²) in [6.45, 7) is 4.24. The van der Waals surface area contributed by atoms with Gasteiger partial charge in [-0.2, -0.15) is 4.98 Å². The van der Waals surface area contributed by atoms with Crippen LogP contribution in [0.3, 0.4) is 0 Å². The molecule has 0 spiro atoms. The number of hydrogen-bond donors (Lipinski definition) is 1. The SMILES string of the molecule is CCCCOC(=O)NC1(c2nc(C)no2)CC1. The van der Waals surface area contributed by atoms with Gasteiger partial charge in [-0.3, -0.25) is 0 Å². The molecule has 1 N–H and O–H groups in total. The molecule has 6 nitrogen and oxygen atoms in total. The van der Waals surface area contributed by atoms with Gasteiger partial charge < -0.3 is 14.6 Å². The van der Waals surface area contributed by atoms with E-state index in [9.17, 15) is 4.79 Å². The van der Waals surface area contributed by atoms with Crippen molar-refractivity contribution in [2.24, 2.45) is 0 Å². The Labute approximate surface area is 99.7 Å². The van der Waals surface area contributed by atoms with Gasteiger partial charge in [0.15, 0.2) is 5.82 Å². The van der Waals surface area contributed by atoms with Gasteiger partial charge in [-0.15, -0.1) is 0 Å². The second-order valence-corrected chi connectivity index (χ2v) is 4.34. The molecule has 1 saturated carbocycles. The summed E-state index contributed by atoms with van der Waals surface area (Å²) in [5, 5.41) is 6.53. The van der Waals surface area contributed by atoms with Gasteiger partial charge in [0, 0.05) is 0 Å². The minimum absolute atomic E-state index is 0.410. The summed E-state index contributed by atoms with van der Waals surface area (Å²) >= 11 is 0. The third-order valence-electron chi connectivity index (χ3n) is 2.76. The van der Waals surface area contributed by atoms with Gasteiger partial charge in [0.05, 0.1) is 6.61 Å². The molecule has 1 amide bonds. The van der Waals surface area contributed by atoms with Crippen LogP contribution in [-0.2, 0) is 10.3 Å². The van der Waals surface area contributed by atoms with Crippen molar-refractivity contribution in [1.82, 2.24) is 15.5 Å². The summed E-state index contributed by atoms with van der Waals surface area (Å²) in [5.74, 6) is 1.05. The zero-order valence-electron chi connectivity index (χ0n) is 10.2. The fourth-order valence-electron chi connectivity index (χ4n) is 1.55. The maximum Gasteiger partial charge on any atom is 0.407 e. The van der Waals surface area contributed by atoms with Crippen molar-refractivity contribution in [2.75, 3.05) is 6.61 Å². The molecule has 0 aromatic carbocycles. The van der Waals surface area contributed by atoms with Crippen LogP contribution < -0.4 is 5.32 Å². The highest BCUT2D eigenvalue weighted by Crippen LogP contribution is 2.44. The summed E-state index contributed by atoms with van der Waals surface area (Å²) in [4.78, 5) is 15.7. The molecule has 1 heterocycles. The van der Waals surface area contributed by atoms with Crippen molar-refractivity contribution in [3.05, 3.63) is 11.7 Å². The van der Waals surface area contributed by atoms with Crippen LogP contribution in [-0.4, -0.2) is 22.8 Å². The number of rotatable bonds is 5. The van der Waals surface area contributed by atoms with Crippen LogP contribution in [0, 0.1) is 6.92 Å². The van der Waals surface area contributed by atoms with Gasteiger partial charge in [0.1, 0.15) is 5.54 Å². The Morgan fingerprint density at radius 3 is 2.88 bits per heavy atom. The third kappa shape index (κ3) is 2.75. The monoisotopic (exact) mass is 239 g/mol. The number of nitrogens with zero attached hydrogens (tertiary/aromatic N) is 2. The van der Waals surface area contributed by atoms with Crippen LogP contribution >= 0.6 is 0 Å². The van der Waals surface area contributed by atoms with Gasteiger partial charge in [-0.25, -0.2) is 4.79 Å². The Morgan fingerprint density at radius 1 is 1.59 bits per heavy atom. The number of alkyl carbamates (subject to hydrolysis) is 1. The van der Waals surface area contributed by atoms with Crippen molar-refractivity contribution in [3.63, 3.8) is 0 Å². The van der Waals surface area contributed by atoms with E-state index in [1.54, 1.807) is 6.92 Å². The van der Waals surface area contributed by atoms with Gasteiger partial charge in [-0.1, -0.05) is 18.5 Å². The van der Waals surface area contributed by atoms with Crippen molar-refractivity contribution in [3.8, 4) is 0 Å². The zero-order chi connectivity index (χ0) is 12.3. The van der Waals surface area contributed by atoms with E-state index in [2.05, 4.69) is 15.5 Å². The minimum atomic E-state index is -0.482. The Morgan fingerprint density at radius 2 is 2.35 bits per heavy atom. The highest BCUT2D eigenvalue weighted by molar-refractivity contribution is 5.69. The lowest BCUT2D eigenvalue weighted by Crippen LogP contribution is -2.35. The predicted octanol–water partition coefficient (Wildman–Crippen LogP) is 1.89. The van der Waals surface area contributed by atoms with Gasteiger partial charge in [0.25, 0.3) is 5.89 Å². The summed E-state index contributed by atoms with van der Waals surface area (Å²) in [6.07, 6.45) is 3.10. The average molecular weight is 239 g/mol. The topological polar surface area (TPSA) is 77.2 Å². The van der Waals surface area contributed by atoms with E-state index in [-0.39, 0.29) is 0 Å². The number of carbonyl (C=O) groups is 1. The lowest BCUT2D eigenvalue weighted by molar-refractivity contribution is 0.136. The summed E-state index contributed by atoms with van der Waals surface area (Å²) < 4.78 is 10.1. The summed E-state index contributed by atoms with van der Waals surface area (Å²) in [7, 11) is 0. The number of hydrogen-bond acceptors (Lipinski definition) is 5. The van der Waals surface area contributed by atoms with Crippen molar-refractivity contribution < 1.29 is 14.1 Å². The molecule has 0 radical (unpaired) electrons. The van der Waals surface area contributed by atoms with Crippen molar-refractivity contribution in [1.29, 1.82) is 0 Å². The van der Waals surface area contributed by atoms with Gasteiger partial charge in [0.2, 0.25) is 0 Å². The molecule has 17 heavy (non-hydrogen) atoms. The molecule has 0 atom stereocenters. The number of unbranched alkanes of at least 4 members (excludes halogenated alkanes) is 1. The molecule has 2 rings (SSSR count). The number of carbonyl (C=O) groups excluding carboxylic acids is 1.